The number of nitro benzene ring substituents is 1. The maximum Gasteiger partial charge on any atom is 0.295 e. The Bertz CT molecular complexity index is 742. The van der Waals surface area contributed by atoms with Crippen LogP contribution >= 0.6 is 0 Å². The van der Waals surface area contributed by atoms with Gasteiger partial charge < -0.3 is 10.1 Å². The van der Waals surface area contributed by atoms with Gasteiger partial charge in [0, 0.05) is 37.8 Å². The highest BCUT2D eigenvalue weighted by atomic mass is 16.6. The Morgan fingerprint density at radius 2 is 2.16 bits per heavy atom. The van der Waals surface area contributed by atoms with E-state index in [1.807, 2.05) is 0 Å². The van der Waals surface area contributed by atoms with E-state index >= 15 is 0 Å². The van der Waals surface area contributed by atoms with Crippen LogP contribution in [0.2, 0.25) is 0 Å². The van der Waals surface area contributed by atoms with Crippen molar-refractivity contribution in [1.82, 2.24) is 25.0 Å². The van der Waals surface area contributed by atoms with Gasteiger partial charge in [0.05, 0.1) is 18.1 Å². The highest BCUT2D eigenvalue weighted by molar-refractivity contribution is 5.95. The topological polar surface area (TPSA) is 115 Å². The van der Waals surface area contributed by atoms with Crippen LogP contribution in [0.25, 0.3) is 5.69 Å². The van der Waals surface area contributed by atoms with Crippen LogP contribution in [-0.4, -0.2) is 69.9 Å². The summed E-state index contributed by atoms with van der Waals surface area (Å²) in [6.07, 6.45) is 2.65. The first-order valence-corrected chi connectivity index (χ1v) is 7.87. The monoisotopic (exact) mass is 346 g/mol. The lowest BCUT2D eigenvalue weighted by molar-refractivity contribution is -0.384. The van der Waals surface area contributed by atoms with Crippen molar-refractivity contribution in [3.8, 4) is 5.69 Å². The number of ether oxygens (including phenoxy) is 1. The third-order valence-corrected chi connectivity index (χ3v) is 3.92. The molecule has 0 bridgehead atoms. The van der Waals surface area contributed by atoms with Crippen LogP contribution in [0.15, 0.2) is 30.9 Å². The minimum Gasteiger partial charge on any atom is -0.379 e. The SMILES string of the molecule is O=C(NCCN1CCOCC1)c1ccc(-n2cncn2)c([N+](=O)[O-])c1. The molecule has 0 atom stereocenters. The molecule has 1 saturated heterocycles. The van der Waals surface area contributed by atoms with Crippen LogP contribution in [0.4, 0.5) is 5.69 Å². The van der Waals surface area contributed by atoms with Crippen LogP contribution in [0.1, 0.15) is 10.4 Å². The number of hydrogen-bond donors (Lipinski definition) is 1. The van der Waals surface area contributed by atoms with E-state index in [0.29, 0.717) is 26.3 Å². The lowest BCUT2D eigenvalue weighted by Gasteiger charge is -2.26. The summed E-state index contributed by atoms with van der Waals surface area (Å²) >= 11 is 0. The van der Waals surface area contributed by atoms with Gasteiger partial charge in [-0.05, 0) is 12.1 Å². The number of amides is 1. The predicted molar refractivity (Wildman–Crippen MR) is 87.6 cm³/mol. The number of aromatic nitrogens is 3. The van der Waals surface area contributed by atoms with Crippen molar-refractivity contribution in [1.29, 1.82) is 0 Å². The Balaban J connectivity index is 1.66. The van der Waals surface area contributed by atoms with E-state index in [2.05, 4.69) is 20.3 Å². The molecule has 0 unspecified atom stereocenters. The Morgan fingerprint density at radius 3 is 2.84 bits per heavy atom. The van der Waals surface area contributed by atoms with E-state index in [4.69, 9.17) is 4.74 Å². The average molecular weight is 346 g/mol. The van der Waals surface area contributed by atoms with Crippen molar-refractivity contribution >= 4 is 11.6 Å². The van der Waals surface area contributed by atoms with Gasteiger partial charge >= 0.3 is 0 Å². The van der Waals surface area contributed by atoms with Gasteiger partial charge in [-0.15, -0.1) is 0 Å². The molecule has 1 fully saturated rings. The van der Waals surface area contributed by atoms with E-state index < -0.39 is 4.92 Å². The van der Waals surface area contributed by atoms with E-state index in [9.17, 15) is 14.9 Å². The molecular weight excluding hydrogens is 328 g/mol. The highest BCUT2D eigenvalue weighted by Crippen LogP contribution is 2.23. The first-order chi connectivity index (χ1) is 12.1. The Kier molecular flexibility index (Phi) is 5.31. The van der Waals surface area contributed by atoms with Crippen molar-refractivity contribution < 1.29 is 14.5 Å². The Morgan fingerprint density at radius 1 is 1.36 bits per heavy atom. The molecule has 3 rings (SSSR count). The molecule has 1 amide bonds. The van der Waals surface area contributed by atoms with E-state index in [0.717, 1.165) is 13.1 Å². The normalized spacial score (nSPS) is 15.0. The molecule has 0 spiro atoms. The first-order valence-electron chi connectivity index (χ1n) is 7.87. The maximum atomic E-state index is 12.2. The molecule has 10 nitrogen and oxygen atoms in total. The number of nitrogens with zero attached hydrogens (tertiary/aromatic N) is 5. The second-order valence-corrected chi connectivity index (χ2v) is 5.51. The van der Waals surface area contributed by atoms with Gasteiger partial charge in [-0.25, -0.2) is 9.67 Å². The molecule has 0 aliphatic carbocycles. The van der Waals surface area contributed by atoms with Gasteiger partial charge in [-0.2, -0.15) is 5.10 Å². The third kappa shape index (κ3) is 4.17. The van der Waals surface area contributed by atoms with E-state index in [1.165, 1.54) is 35.5 Å². The molecule has 1 aliphatic heterocycles. The lowest BCUT2D eigenvalue weighted by Crippen LogP contribution is -2.41. The zero-order valence-corrected chi connectivity index (χ0v) is 13.5. The standard InChI is InChI=1S/C15H18N6O4/c22-15(17-3-4-19-5-7-25-8-6-19)12-1-2-13(14(9-12)21(23)24)20-11-16-10-18-20/h1-2,9-11H,3-8H2,(H,17,22). The summed E-state index contributed by atoms with van der Waals surface area (Å²) < 4.78 is 6.56. The van der Waals surface area contributed by atoms with Crippen molar-refractivity contribution in [3.63, 3.8) is 0 Å². The molecule has 2 heterocycles. The van der Waals surface area contributed by atoms with Crippen LogP contribution in [-0.2, 0) is 4.74 Å². The predicted octanol–water partition coefficient (Wildman–Crippen LogP) is 0.238. The number of hydrogen-bond acceptors (Lipinski definition) is 7. The summed E-state index contributed by atoms with van der Waals surface area (Å²) in [6, 6.07) is 4.28. The smallest absolute Gasteiger partial charge is 0.295 e. The van der Waals surface area contributed by atoms with Crippen LogP contribution in [0.3, 0.4) is 0 Å². The molecule has 1 aliphatic rings. The second kappa shape index (κ2) is 7.81. The van der Waals surface area contributed by atoms with Gasteiger partial charge in [-0.1, -0.05) is 0 Å². The molecule has 1 aromatic heterocycles. The molecule has 1 N–H and O–H groups in total. The summed E-state index contributed by atoms with van der Waals surface area (Å²) in [6.45, 7) is 4.27. The van der Waals surface area contributed by atoms with Gasteiger partial charge in [-0.3, -0.25) is 19.8 Å². The maximum absolute atomic E-state index is 12.2. The Labute approximate surface area is 143 Å². The number of benzene rings is 1. The zero-order valence-electron chi connectivity index (χ0n) is 13.5. The van der Waals surface area contributed by atoms with Crippen molar-refractivity contribution in [2.75, 3.05) is 39.4 Å². The van der Waals surface area contributed by atoms with Crippen molar-refractivity contribution in [2.45, 2.75) is 0 Å². The van der Waals surface area contributed by atoms with Gasteiger partial charge in [0.1, 0.15) is 18.3 Å². The van der Waals surface area contributed by atoms with Gasteiger partial charge in [0.15, 0.2) is 0 Å². The fraction of sp³-hybridized carbons (Fsp3) is 0.400. The molecule has 132 valence electrons. The van der Waals surface area contributed by atoms with Gasteiger partial charge in [0.2, 0.25) is 0 Å². The lowest BCUT2D eigenvalue weighted by atomic mass is 10.1. The molecular formula is C15H18N6O4. The fourth-order valence-electron chi connectivity index (χ4n) is 2.59. The van der Waals surface area contributed by atoms with Crippen LogP contribution in [0, 0.1) is 10.1 Å². The van der Waals surface area contributed by atoms with Gasteiger partial charge in [0.25, 0.3) is 11.6 Å². The molecule has 0 saturated carbocycles. The number of carbonyl (C=O) groups excluding carboxylic acids is 1. The van der Waals surface area contributed by atoms with E-state index in [-0.39, 0.29) is 22.8 Å². The molecule has 2 aromatic rings. The summed E-state index contributed by atoms with van der Waals surface area (Å²) in [7, 11) is 0. The number of morpholine rings is 1. The molecule has 1 aromatic carbocycles. The Hall–Kier alpha value is -2.85. The number of rotatable bonds is 6. The fourth-order valence-corrected chi connectivity index (χ4v) is 2.59. The zero-order chi connectivity index (χ0) is 17.6. The van der Waals surface area contributed by atoms with Crippen LogP contribution < -0.4 is 5.32 Å². The number of nitro groups is 1. The summed E-state index contributed by atoms with van der Waals surface area (Å²) in [5.74, 6) is -0.346. The number of carbonyl (C=O) groups is 1. The number of nitrogens with one attached hydrogen (secondary N) is 1. The molecule has 0 radical (unpaired) electrons. The summed E-state index contributed by atoms with van der Waals surface area (Å²) in [5, 5.41) is 18.0. The largest absolute Gasteiger partial charge is 0.379 e. The highest BCUT2D eigenvalue weighted by Gasteiger charge is 2.19. The molecule has 25 heavy (non-hydrogen) atoms. The van der Waals surface area contributed by atoms with Crippen LogP contribution in [0.5, 0.6) is 0 Å². The minimum atomic E-state index is -0.540. The van der Waals surface area contributed by atoms with E-state index in [1.54, 1.807) is 0 Å². The minimum absolute atomic E-state index is 0.202. The second-order valence-electron chi connectivity index (χ2n) is 5.51. The quantitative estimate of drug-likeness (QED) is 0.588. The summed E-state index contributed by atoms with van der Waals surface area (Å²) in [5.41, 5.74) is 0.288. The average Bonchev–Trinajstić information content (AvgIpc) is 3.16. The third-order valence-electron chi connectivity index (χ3n) is 3.92. The van der Waals surface area contributed by atoms with Crippen molar-refractivity contribution in [2.24, 2.45) is 0 Å². The first kappa shape index (κ1) is 17.0. The molecule has 10 heteroatoms. The summed E-state index contributed by atoms with van der Waals surface area (Å²) in [4.78, 5) is 29.0. The van der Waals surface area contributed by atoms with Crippen molar-refractivity contribution in [3.05, 3.63) is 46.5 Å².